The molecule has 0 saturated carbocycles. The van der Waals surface area contributed by atoms with Gasteiger partial charge in [-0.15, -0.1) is 0 Å². The van der Waals surface area contributed by atoms with Gasteiger partial charge in [-0.2, -0.15) is 0 Å². The van der Waals surface area contributed by atoms with Crippen molar-refractivity contribution in [3.63, 3.8) is 0 Å². The standard InChI is InChI=1S/C10H15NO/c1-7(2)8-3-4-10(12)9(5-8)6-11/h3-5,7,12H,6,11H2,1-2H3. The summed E-state index contributed by atoms with van der Waals surface area (Å²) in [5, 5.41) is 9.34. The highest BCUT2D eigenvalue weighted by atomic mass is 16.3. The Labute approximate surface area is 73.0 Å². The molecule has 0 aliphatic heterocycles. The molecule has 0 bridgehead atoms. The first-order valence-corrected chi connectivity index (χ1v) is 4.17. The molecule has 0 heterocycles. The average molecular weight is 165 g/mol. The lowest BCUT2D eigenvalue weighted by Crippen LogP contribution is -1.98. The van der Waals surface area contributed by atoms with Crippen LogP contribution in [0.15, 0.2) is 18.2 Å². The van der Waals surface area contributed by atoms with E-state index in [0.717, 1.165) is 5.56 Å². The fourth-order valence-electron chi connectivity index (χ4n) is 1.13. The van der Waals surface area contributed by atoms with Crippen molar-refractivity contribution in [3.05, 3.63) is 29.3 Å². The van der Waals surface area contributed by atoms with Crippen molar-refractivity contribution in [1.82, 2.24) is 0 Å². The molecule has 0 atom stereocenters. The van der Waals surface area contributed by atoms with Crippen molar-refractivity contribution in [2.45, 2.75) is 26.3 Å². The molecule has 0 spiro atoms. The van der Waals surface area contributed by atoms with E-state index in [2.05, 4.69) is 13.8 Å². The van der Waals surface area contributed by atoms with Crippen LogP contribution in [0.4, 0.5) is 0 Å². The number of benzene rings is 1. The smallest absolute Gasteiger partial charge is 0.120 e. The average Bonchev–Trinajstić information content (AvgIpc) is 2.05. The van der Waals surface area contributed by atoms with Crippen LogP contribution in [0.5, 0.6) is 5.75 Å². The fourth-order valence-corrected chi connectivity index (χ4v) is 1.13. The first-order valence-electron chi connectivity index (χ1n) is 4.17. The molecule has 66 valence electrons. The lowest BCUT2D eigenvalue weighted by atomic mass is 10.0. The van der Waals surface area contributed by atoms with Crippen LogP contribution in [-0.2, 0) is 6.54 Å². The maximum atomic E-state index is 9.34. The summed E-state index contributed by atoms with van der Waals surface area (Å²) in [5.74, 6) is 0.776. The fraction of sp³-hybridized carbons (Fsp3) is 0.400. The SMILES string of the molecule is CC(C)c1ccc(O)c(CN)c1. The third-order valence-corrected chi connectivity index (χ3v) is 1.99. The second-order valence-electron chi connectivity index (χ2n) is 3.25. The van der Waals surface area contributed by atoms with Crippen molar-refractivity contribution in [1.29, 1.82) is 0 Å². The molecule has 0 fully saturated rings. The number of hydrogen-bond acceptors (Lipinski definition) is 2. The molecule has 0 aromatic heterocycles. The minimum absolute atomic E-state index is 0.293. The number of nitrogens with two attached hydrogens (primary N) is 1. The third-order valence-electron chi connectivity index (χ3n) is 1.99. The summed E-state index contributed by atoms with van der Waals surface area (Å²) in [6, 6.07) is 5.59. The Balaban J connectivity index is 3.05. The van der Waals surface area contributed by atoms with Gasteiger partial charge < -0.3 is 10.8 Å². The molecule has 0 saturated heterocycles. The molecule has 3 N–H and O–H groups in total. The number of aromatic hydroxyl groups is 1. The second kappa shape index (κ2) is 3.59. The van der Waals surface area contributed by atoms with Crippen molar-refractivity contribution in [3.8, 4) is 5.75 Å². The van der Waals surface area contributed by atoms with Gasteiger partial charge in [-0.1, -0.05) is 26.0 Å². The van der Waals surface area contributed by atoms with E-state index in [1.165, 1.54) is 5.56 Å². The highest BCUT2D eigenvalue weighted by molar-refractivity contribution is 5.37. The molecule has 0 radical (unpaired) electrons. The maximum absolute atomic E-state index is 9.34. The monoisotopic (exact) mass is 165 g/mol. The Morgan fingerprint density at radius 2 is 2.08 bits per heavy atom. The van der Waals surface area contributed by atoms with Crippen molar-refractivity contribution in [2.24, 2.45) is 5.73 Å². The molecular formula is C10H15NO. The van der Waals surface area contributed by atoms with Crippen LogP contribution in [0.3, 0.4) is 0 Å². The van der Waals surface area contributed by atoms with Crippen LogP contribution in [0.1, 0.15) is 30.9 Å². The van der Waals surface area contributed by atoms with E-state index in [-0.39, 0.29) is 0 Å². The first-order chi connectivity index (χ1) is 5.65. The third kappa shape index (κ3) is 1.77. The first kappa shape index (κ1) is 9.07. The number of phenolic OH excluding ortho intramolecular Hbond substituents is 1. The highest BCUT2D eigenvalue weighted by Crippen LogP contribution is 2.22. The van der Waals surface area contributed by atoms with E-state index in [1.54, 1.807) is 6.07 Å². The van der Waals surface area contributed by atoms with Gasteiger partial charge in [0.2, 0.25) is 0 Å². The highest BCUT2D eigenvalue weighted by Gasteiger charge is 2.03. The largest absolute Gasteiger partial charge is 0.508 e. The van der Waals surface area contributed by atoms with Crippen molar-refractivity contribution < 1.29 is 5.11 Å². The second-order valence-corrected chi connectivity index (χ2v) is 3.25. The van der Waals surface area contributed by atoms with Crippen LogP contribution < -0.4 is 5.73 Å². The molecule has 2 nitrogen and oxygen atoms in total. The van der Waals surface area contributed by atoms with Crippen molar-refractivity contribution >= 4 is 0 Å². The lowest BCUT2D eigenvalue weighted by molar-refractivity contribution is 0.468. The summed E-state index contributed by atoms with van der Waals surface area (Å²) >= 11 is 0. The zero-order valence-corrected chi connectivity index (χ0v) is 7.54. The van der Waals surface area contributed by atoms with Crippen LogP contribution >= 0.6 is 0 Å². The zero-order chi connectivity index (χ0) is 9.14. The summed E-state index contributed by atoms with van der Waals surface area (Å²) in [6.45, 7) is 4.63. The molecular weight excluding hydrogens is 150 g/mol. The maximum Gasteiger partial charge on any atom is 0.120 e. The van der Waals surface area contributed by atoms with Gasteiger partial charge in [-0.25, -0.2) is 0 Å². The molecule has 1 aromatic carbocycles. The number of phenols is 1. The van der Waals surface area contributed by atoms with E-state index < -0.39 is 0 Å². The Kier molecular flexibility index (Phi) is 2.71. The Morgan fingerprint density at radius 3 is 2.58 bits per heavy atom. The van der Waals surface area contributed by atoms with Gasteiger partial charge in [-0.05, 0) is 17.5 Å². The molecule has 0 aliphatic rings. The minimum atomic E-state index is 0.293. The van der Waals surface area contributed by atoms with Gasteiger partial charge in [0.15, 0.2) is 0 Å². The van der Waals surface area contributed by atoms with E-state index in [0.29, 0.717) is 18.2 Å². The molecule has 12 heavy (non-hydrogen) atoms. The van der Waals surface area contributed by atoms with E-state index in [9.17, 15) is 5.11 Å². The summed E-state index contributed by atoms with van der Waals surface area (Å²) in [6.07, 6.45) is 0. The predicted octanol–water partition coefficient (Wildman–Crippen LogP) is 1.97. The quantitative estimate of drug-likeness (QED) is 0.703. The van der Waals surface area contributed by atoms with Gasteiger partial charge in [0.25, 0.3) is 0 Å². The normalized spacial score (nSPS) is 10.7. The van der Waals surface area contributed by atoms with Gasteiger partial charge >= 0.3 is 0 Å². The van der Waals surface area contributed by atoms with Crippen LogP contribution in [0.2, 0.25) is 0 Å². The zero-order valence-electron chi connectivity index (χ0n) is 7.54. The van der Waals surface area contributed by atoms with E-state index in [4.69, 9.17) is 5.73 Å². The van der Waals surface area contributed by atoms with E-state index >= 15 is 0 Å². The molecule has 0 unspecified atom stereocenters. The molecule has 0 amide bonds. The van der Waals surface area contributed by atoms with Crippen LogP contribution in [0.25, 0.3) is 0 Å². The Bertz CT molecular complexity index is 269. The van der Waals surface area contributed by atoms with E-state index in [1.807, 2.05) is 12.1 Å². The van der Waals surface area contributed by atoms with Crippen LogP contribution in [0, 0.1) is 0 Å². The number of rotatable bonds is 2. The predicted molar refractivity (Wildman–Crippen MR) is 50.1 cm³/mol. The summed E-state index contributed by atoms with van der Waals surface area (Å²) in [5.41, 5.74) is 7.50. The van der Waals surface area contributed by atoms with Gasteiger partial charge in [0.1, 0.15) is 5.75 Å². The summed E-state index contributed by atoms with van der Waals surface area (Å²) in [4.78, 5) is 0. The minimum Gasteiger partial charge on any atom is -0.508 e. The Hall–Kier alpha value is -1.02. The lowest BCUT2D eigenvalue weighted by Gasteiger charge is -2.08. The van der Waals surface area contributed by atoms with Gasteiger partial charge in [0, 0.05) is 12.1 Å². The molecule has 2 heteroatoms. The molecule has 1 aromatic rings. The van der Waals surface area contributed by atoms with Gasteiger partial charge in [0.05, 0.1) is 0 Å². The molecule has 0 aliphatic carbocycles. The van der Waals surface area contributed by atoms with Crippen molar-refractivity contribution in [2.75, 3.05) is 0 Å². The van der Waals surface area contributed by atoms with Crippen LogP contribution in [-0.4, -0.2) is 5.11 Å². The summed E-state index contributed by atoms with van der Waals surface area (Å²) < 4.78 is 0. The number of hydrogen-bond donors (Lipinski definition) is 2. The molecule has 1 rings (SSSR count). The van der Waals surface area contributed by atoms with Gasteiger partial charge in [-0.3, -0.25) is 0 Å². The topological polar surface area (TPSA) is 46.2 Å². The summed E-state index contributed by atoms with van der Waals surface area (Å²) in [7, 11) is 0. The Morgan fingerprint density at radius 1 is 1.42 bits per heavy atom.